The van der Waals surface area contributed by atoms with Gasteiger partial charge in [-0.05, 0) is 43.0 Å². The van der Waals surface area contributed by atoms with Gasteiger partial charge in [-0.3, -0.25) is 4.79 Å². The van der Waals surface area contributed by atoms with Crippen LogP contribution in [0.15, 0.2) is 61.2 Å². The topological polar surface area (TPSA) is 78.1 Å². The molecule has 2 aromatic heterocycles. The van der Waals surface area contributed by atoms with Crippen molar-refractivity contribution in [1.82, 2.24) is 24.5 Å². The third kappa shape index (κ3) is 4.80. The molecule has 214 valence electrons. The van der Waals surface area contributed by atoms with Gasteiger partial charge in [0.05, 0.1) is 36.8 Å². The summed E-state index contributed by atoms with van der Waals surface area (Å²) < 4.78 is 87.6. The van der Waals surface area contributed by atoms with Crippen LogP contribution in [0.4, 0.5) is 32.0 Å². The summed E-state index contributed by atoms with van der Waals surface area (Å²) in [5.74, 6) is -0.336. The van der Waals surface area contributed by atoms with E-state index in [0.29, 0.717) is 41.8 Å². The Morgan fingerprint density at radius 2 is 1.83 bits per heavy atom. The Hall–Kier alpha value is -4.36. The van der Waals surface area contributed by atoms with E-state index in [-0.39, 0.29) is 11.4 Å². The van der Waals surface area contributed by atoms with Gasteiger partial charge in [-0.25, -0.2) is 9.67 Å². The van der Waals surface area contributed by atoms with Gasteiger partial charge in [0, 0.05) is 17.4 Å². The minimum absolute atomic E-state index is 0.255. The summed E-state index contributed by atoms with van der Waals surface area (Å²) >= 11 is 0. The highest BCUT2D eigenvalue weighted by Crippen LogP contribution is 2.61. The van der Waals surface area contributed by atoms with Gasteiger partial charge in [0.1, 0.15) is 18.0 Å². The maximum absolute atomic E-state index is 13.6. The lowest BCUT2D eigenvalue weighted by molar-refractivity contribution is -0.141. The Morgan fingerprint density at radius 3 is 2.54 bits per heavy atom. The van der Waals surface area contributed by atoms with Crippen LogP contribution in [0.3, 0.4) is 0 Å². The molecular weight excluding hydrogens is 554 g/mol. The van der Waals surface area contributed by atoms with Crippen LogP contribution >= 0.6 is 0 Å². The SMILES string of the molecule is COc1cc(-c2cn(C3CC34CCc3ccccc3N(CC(F)(F)F)C4=O)nn2)ccc1-n1cnc(C(F)(F)F)c1. The fourth-order valence-corrected chi connectivity index (χ4v) is 5.51. The van der Waals surface area contributed by atoms with E-state index in [1.54, 1.807) is 42.6 Å². The molecule has 41 heavy (non-hydrogen) atoms. The van der Waals surface area contributed by atoms with Crippen molar-refractivity contribution in [3.8, 4) is 22.7 Å². The molecule has 1 aliphatic heterocycles. The number of benzene rings is 2. The number of carbonyl (C=O) groups excluding carboxylic acids is 1. The maximum Gasteiger partial charge on any atom is 0.434 e. The Morgan fingerprint density at radius 1 is 1.05 bits per heavy atom. The molecule has 0 bridgehead atoms. The van der Waals surface area contributed by atoms with Gasteiger partial charge in [0.25, 0.3) is 0 Å². The zero-order valence-electron chi connectivity index (χ0n) is 21.4. The molecule has 4 aromatic rings. The Balaban J connectivity index is 1.27. The van der Waals surface area contributed by atoms with Crippen molar-refractivity contribution >= 4 is 11.6 Å². The standard InChI is InChI=1S/C27H22F6N6O2/c1-41-21-10-17(6-7-20(21)37-13-22(34-15-37)27(31,32)33)18-12-39(36-35-18)23-11-25(23)9-8-16-4-2-3-5-19(16)38(24(25)40)14-26(28,29)30/h2-7,10,12-13,15,23H,8-9,11,14H2,1H3. The van der Waals surface area contributed by atoms with Crippen LogP contribution in [0.25, 0.3) is 16.9 Å². The lowest BCUT2D eigenvalue weighted by Crippen LogP contribution is -2.43. The molecule has 2 aromatic carbocycles. The van der Waals surface area contributed by atoms with Gasteiger partial charge in [0.2, 0.25) is 5.91 Å². The second-order valence-electron chi connectivity index (χ2n) is 10.1. The number of halogens is 6. The third-order valence-electron chi connectivity index (χ3n) is 7.62. The highest BCUT2D eigenvalue weighted by atomic mass is 19.4. The number of aromatic nitrogens is 5. The molecule has 1 fully saturated rings. The number of aryl methyl sites for hydroxylation is 1. The predicted octanol–water partition coefficient (Wildman–Crippen LogP) is 5.63. The number of rotatable bonds is 5. The van der Waals surface area contributed by atoms with Crippen LogP contribution in [0, 0.1) is 5.41 Å². The van der Waals surface area contributed by atoms with Gasteiger partial charge < -0.3 is 14.2 Å². The molecule has 6 rings (SSSR count). The number of fused-ring (bicyclic) bond motifs is 1. The summed E-state index contributed by atoms with van der Waals surface area (Å²) in [7, 11) is 1.37. The van der Waals surface area contributed by atoms with Crippen molar-refractivity contribution in [3.63, 3.8) is 0 Å². The number of amides is 1. The largest absolute Gasteiger partial charge is 0.495 e. The van der Waals surface area contributed by atoms with E-state index in [9.17, 15) is 31.1 Å². The van der Waals surface area contributed by atoms with E-state index in [2.05, 4.69) is 15.3 Å². The van der Waals surface area contributed by atoms with Crippen LogP contribution in [0.5, 0.6) is 5.75 Å². The minimum atomic E-state index is -4.59. The van der Waals surface area contributed by atoms with Crippen molar-refractivity contribution in [2.24, 2.45) is 5.41 Å². The molecule has 1 aliphatic carbocycles. The van der Waals surface area contributed by atoms with Gasteiger partial charge in [-0.1, -0.05) is 29.5 Å². The lowest BCUT2D eigenvalue weighted by atomic mass is 9.96. The van der Waals surface area contributed by atoms with Crippen molar-refractivity contribution in [3.05, 3.63) is 72.4 Å². The van der Waals surface area contributed by atoms with Crippen molar-refractivity contribution in [1.29, 1.82) is 0 Å². The number of nitrogens with zero attached hydrogens (tertiary/aromatic N) is 6. The average Bonchev–Trinajstić information content (AvgIpc) is 3.26. The average molecular weight is 577 g/mol. The summed E-state index contributed by atoms with van der Waals surface area (Å²) in [6, 6.07) is 10.9. The van der Waals surface area contributed by atoms with Crippen LogP contribution in [0.2, 0.25) is 0 Å². The molecule has 0 saturated heterocycles. The van der Waals surface area contributed by atoms with Crippen molar-refractivity contribution in [2.75, 3.05) is 18.6 Å². The monoisotopic (exact) mass is 576 g/mol. The van der Waals surface area contributed by atoms with E-state index >= 15 is 0 Å². The van der Waals surface area contributed by atoms with E-state index in [1.165, 1.54) is 22.4 Å². The van der Waals surface area contributed by atoms with E-state index < -0.39 is 42.0 Å². The Bertz CT molecular complexity index is 1630. The van der Waals surface area contributed by atoms with Gasteiger partial charge in [-0.15, -0.1) is 5.10 Å². The molecule has 2 unspecified atom stereocenters. The first-order chi connectivity index (χ1) is 19.4. The summed E-state index contributed by atoms with van der Waals surface area (Å²) in [5.41, 5.74) is 0.115. The zero-order chi connectivity index (χ0) is 29.2. The quantitative estimate of drug-likeness (QED) is 0.288. The Kier molecular flexibility index (Phi) is 6.12. The minimum Gasteiger partial charge on any atom is -0.495 e. The van der Waals surface area contributed by atoms with Gasteiger partial charge >= 0.3 is 12.4 Å². The molecule has 1 amide bonds. The van der Waals surface area contributed by atoms with Crippen LogP contribution in [-0.2, 0) is 17.4 Å². The molecule has 1 spiro atoms. The van der Waals surface area contributed by atoms with Crippen LogP contribution in [0.1, 0.15) is 30.1 Å². The molecule has 3 heterocycles. The second kappa shape index (κ2) is 9.35. The van der Waals surface area contributed by atoms with Crippen molar-refractivity contribution < 1.29 is 35.9 Å². The summed E-state index contributed by atoms with van der Waals surface area (Å²) in [4.78, 5) is 17.9. The normalized spacial score (nSPS) is 20.7. The number of ether oxygens (including phenoxy) is 1. The van der Waals surface area contributed by atoms with E-state index in [0.717, 1.165) is 17.4 Å². The fourth-order valence-electron chi connectivity index (χ4n) is 5.51. The first-order valence-electron chi connectivity index (χ1n) is 12.6. The number of imidazole rings is 1. The summed E-state index contributed by atoms with van der Waals surface area (Å²) in [6.45, 7) is -1.38. The third-order valence-corrected chi connectivity index (χ3v) is 7.62. The molecule has 8 nitrogen and oxygen atoms in total. The van der Waals surface area contributed by atoms with Gasteiger partial charge in [0.15, 0.2) is 5.69 Å². The number of hydrogen-bond donors (Lipinski definition) is 0. The molecule has 0 radical (unpaired) electrons. The maximum atomic E-state index is 13.6. The first-order valence-corrected chi connectivity index (χ1v) is 12.6. The molecule has 14 heteroatoms. The molecule has 0 N–H and O–H groups in total. The number of anilines is 1. The highest BCUT2D eigenvalue weighted by molar-refractivity contribution is 6.01. The number of para-hydroxylation sites is 1. The zero-order valence-corrected chi connectivity index (χ0v) is 21.4. The molecule has 2 atom stereocenters. The van der Waals surface area contributed by atoms with Crippen LogP contribution in [-0.4, -0.2) is 50.3 Å². The summed E-state index contributed by atoms with van der Waals surface area (Å²) in [5, 5.41) is 8.37. The fraction of sp³-hybridized carbons (Fsp3) is 0.333. The molecule has 1 saturated carbocycles. The van der Waals surface area contributed by atoms with E-state index in [1.807, 2.05) is 0 Å². The van der Waals surface area contributed by atoms with Crippen LogP contribution < -0.4 is 9.64 Å². The lowest BCUT2D eigenvalue weighted by Gasteiger charge is -2.27. The predicted molar refractivity (Wildman–Crippen MR) is 133 cm³/mol. The smallest absolute Gasteiger partial charge is 0.434 e. The Labute approximate surface area is 229 Å². The molecule has 2 aliphatic rings. The second-order valence-corrected chi connectivity index (χ2v) is 10.1. The first kappa shape index (κ1) is 26.8. The number of methoxy groups -OCH3 is 1. The number of alkyl halides is 6. The van der Waals surface area contributed by atoms with Gasteiger partial charge in [-0.2, -0.15) is 26.3 Å². The number of hydrogen-bond acceptors (Lipinski definition) is 5. The van der Waals surface area contributed by atoms with E-state index in [4.69, 9.17) is 4.74 Å². The highest BCUT2D eigenvalue weighted by Gasteiger charge is 2.64. The molecular formula is C27H22F6N6O2. The number of carbonyl (C=O) groups is 1. The van der Waals surface area contributed by atoms with Crippen molar-refractivity contribution in [2.45, 2.75) is 37.7 Å². The summed E-state index contributed by atoms with van der Waals surface area (Å²) in [6.07, 6.45) is -4.55.